The highest BCUT2D eigenvalue weighted by Crippen LogP contribution is 2.41. The Morgan fingerprint density at radius 3 is 2.62 bits per heavy atom. The molecule has 5 heterocycles. The average molecular weight is 665 g/mol. The van der Waals surface area contributed by atoms with Gasteiger partial charge in [0.1, 0.15) is 12.0 Å². The van der Waals surface area contributed by atoms with Crippen LogP contribution in [0.5, 0.6) is 0 Å². The molecular weight excluding hydrogens is 602 g/mol. The molecule has 5 rings (SSSR count). The van der Waals surface area contributed by atoms with Crippen LogP contribution in [0.15, 0.2) is 11.9 Å². The van der Waals surface area contributed by atoms with Crippen molar-refractivity contribution in [3.63, 3.8) is 0 Å². The van der Waals surface area contributed by atoms with E-state index in [1.54, 1.807) is 6.08 Å². The summed E-state index contributed by atoms with van der Waals surface area (Å²) in [6.07, 6.45) is 6.85. The number of alkyl halides is 1. The third-order valence-electron chi connectivity index (χ3n) is 12.4. The Labute approximate surface area is 281 Å². The number of nitrogens with one attached hydrogen (secondary N) is 4. The number of rotatable bonds is 9. The predicted molar refractivity (Wildman–Crippen MR) is 182 cm³/mol. The number of piperidine rings is 2. The Kier molecular flexibility index (Phi) is 12.4. The minimum Gasteiger partial charge on any atom is -0.350 e. The molecule has 10 nitrogen and oxygen atoms in total. The van der Waals surface area contributed by atoms with Gasteiger partial charge in [-0.15, -0.1) is 0 Å². The molecule has 5 aliphatic heterocycles. The molecule has 0 aromatic heterocycles. The van der Waals surface area contributed by atoms with E-state index < -0.39 is 29.8 Å². The van der Waals surface area contributed by atoms with Gasteiger partial charge >= 0.3 is 0 Å². The van der Waals surface area contributed by atoms with Gasteiger partial charge in [0.15, 0.2) is 0 Å². The average Bonchev–Trinajstić information content (AvgIpc) is 3.13. The van der Waals surface area contributed by atoms with Crippen LogP contribution in [0.2, 0.25) is 0 Å². The number of fused-ring (bicyclic) bond motifs is 3. The number of likely N-dealkylation sites (tertiary alicyclic amines) is 1. The molecule has 12 heteroatoms. The summed E-state index contributed by atoms with van der Waals surface area (Å²) in [6.45, 7) is 11.6. The summed E-state index contributed by atoms with van der Waals surface area (Å²) in [6, 6.07) is -0.934. The van der Waals surface area contributed by atoms with Crippen LogP contribution in [0.4, 0.5) is 8.78 Å². The minimum absolute atomic E-state index is 0.0582. The van der Waals surface area contributed by atoms with Gasteiger partial charge in [0.2, 0.25) is 11.8 Å². The number of likely N-dealkylation sites (N-methyl/N-ethyl adjacent to an activating group) is 1. The second-order valence-corrected chi connectivity index (χ2v) is 15.4. The summed E-state index contributed by atoms with van der Waals surface area (Å²) in [5.74, 6) is -1.13. The Hall–Kier alpha value is -1.70. The van der Waals surface area contributed by atoms with Crippen molar-refractivity contribution < 1.29 is 18.4 Å². The molecule has 9 atom stereocenters. The lowest BCUT2D eigenvalue weighted by Crippen LogP contribution is -2.75. The van der Waals surface area contributed by atoms with E-state index in [4.69, 9.17) is 5.73 Å². The van der Waals surface area contributed by atoms with E-state index in [9.17, 15) is 14.0 Å². The lowest BCUT2D eigenvalue weighted by atomic mass is 9.73. The fraction of sp³-hybridized carbons (Fsp3) is 0.886. The van der Waals surface area contributed by atoms with E-state index in [0.29, 0.717) is 38.9 Å². The maximum atomic E-state index is 16.8. The molecule has 47 heavy (non-hydrogen) atoms. The number of hydrogen-bond donors (Lipinski definition) is 5. The SMILES string of the molecule is CCCCCC1(N2CCCC(C(=O)N3CCN(C)CC3)C2)C(F)CNCC1NC(=O)C1C(N)NC2C/C=C(/F)CNC1CC2(C)CC. The van der Waals surface area contributed by atoms with E-state index in [1.165, 1.54) is 0 Å². The Morgan fingerprint density at radius 1 is 1.13 bits per heavy atom. The highest BCUT2D eigenvalue weighted by molar-refractivity contribution is 5.81. The summed E-state index contributed by atoms with van der Waals surface area (Å²) in [5, 5.41) is 13.5. The van der Waals surface area contributed by atoms with E-state index in [2.05, 4.69) is 58.9 Å². The number of amides is 2. The van der Waals surface area contributed by atoms with E-state index in [-0.39, 0.29) is 54.1 Å². The number of nitrogens with zero attached hydrogens (tertiary/aromatic N) is 3. The van der Waals surface area contributed by atoms with Gasteiger partial charge in [-0.3, -0.25) is 19.8 Å². The van der Waals surface area contributed by atoms with E-state index in [0.717, 1.165) is 64.7 Å². The van der Waals surface area contributed by atoms with Crippen LogP contribution in [-0.2, 0) is 9.59 Å². The maximum Gasteiger partial charge on any atom is 0.227 e. The molecule has 0 aliphatic carbocycles. The second-order valence-electron chi connectivity index (χ2n) is 15.4. The van der Waals surface area contributed by atoms with Gasteiger partial charge in [-0.05, 0) is 63.6 Å². The molecule has 4 fully saturated rings. The van der Waals surface area contributed by atoms with Crippen LogP contribution in [0.1, 0.15) is 78.6 Å². The van der Waals surface area contributed by atoms with E-state index in [1.807, 2.05) is 4.90 Å². The van der Waals surface area contributed by atoms with Gasteiger partial charge < -0.3 is 31.5 Å². The summed E-state index contributed by atoms with van der Waals surface area (Å²) < 4.78 is 31.5. The van der Waals surface area contributed by atoms with Crippen LogP contribution in [-0.4, -0.2) is 128 Å². The summed E-state index contributed by atoms with van der Waals surface area (Å²) >= 11 is 0. The molecule has 2 bridgehead atoms. The maximum absolute atomic E-state index is 16.8. The summed E-state index contributed by atoms with van der Waals surface area (Å²) in [5.41, 5.74) is 5.67. The quantitative estimate of drug-likeness (QED) is 0.238. The molecule has 0 aromatic carbocycles. The number of piperazine rings is 1. The summed E-state index contributed by atoms with van der Waals surface area (Å²) in [7, 11) is 2.08. The first kappa shape index (κ1) is 36.6. The minimum atomic E-state index is -1.22. The van der Waals surface area contributed by atoms with E-state index >= 15 is 4.39 Å². The lowest BCUT2D eigenvalue weighted by molar-refractivity contribution is -0.143. The van der Waals surface area contributed by atoms with Crippen LogP contribution in [0.25, 0.3) is 0 Å². The zero-order valence-corrected chi connectivity index (χ0v) is 29.3. The zero-order chi connectivity index (χ0) is 33.8. The Bertz CT molecular complexity index is 1110. The number of carbonyl (C=O) groups excluding carboxylic acids is 2. The van der Waals surface area contributed by atoms with Crippen LogP contribution in [0.3, 0.4) is 0 Å². The normalized spacial score (nSPS) is 40.4. The highest BCUT2D eigenvalue weighted by atomic mass is 19.1. The zero-order valence-electron chi connectivity index (χ0n) is 29.3. The van der Waals surface area contributed by atoms with Crippen molar-refractivity contribution in [1.82, 2.24) is 36.0 Å². The van der Waals surface area contributed by atoms with Crippen LogP contribution < -0.4 is 27.0 Å². The van der Waals surface area contributed by atoms with Crippen molar-refractivity contribution in [2.24, 2.45) is 23.0 Å². The van der Waals surface area contributed by atoms with Gasteiger partial charge in [-0.25, -0.2) is 8.78 Å². The third-order valence-corrected chi connectivity index (χ3v) is 12.4. The molecule has 4 saturated heterocycles. The highest BCUT2D eigenvalue weighted by Gasteiger charge is 2.55. The molecule has 2 amide bonds. The fourth-order valence-corrected chi connectivity index (χ4v) is 9.17. The number of hydrogen-bond acceptors (Lipinski definition) is 8. The fourth-order valence-electron chi connectivity index (χ4n) is 9.17. The molecule has 0 radical (unpaired) electrons. The van der Waals surface area contributed by atoms with Crippen molar-refractivity contribution in [2.75, 3.05) is 66.0 Å². The van der Waals surface area contributed by atoms with Crippen LogP contribution >= 0.6 is 0 Å². The van der Waals surface area contributed by atoms with Crippen molar-refractivity contribution in [1.29, 1.82) is 0 Å². The van der Waals surface area contributed by atoms with Crippen molar-refractivity contribution >= 4 is 11.8 Å². The number of halogens is 2. The van der Waals surface area contributed by atoms with Crippen molar-refractivity contribution in [3.8, 4) is 0 Å². The molecule has 0 aromatic rings. The largest absolute Gasteiger partial charge is 0.350 e. The molecule has 9 unspecified atom stereocenters. The third kappa shape index (κ3) is 7.88. The summed E-state index contributed by atoms with van der Waals surface area (Å²) in [4.78, 5) is 34.8. The first-order chi connectivity index (χ1) is 22.5. The Morgan fingerprint density at radius 2 is 1.89 bits per heavy atom. The molecule has 268 valence electrons. The number of unbranched alkanes of at least 4 members (excludes halogenated alkanes) is 2. The number of carbonyl (C=O) groups is 2. The van der Waals surface area contributed by atoms with Gasteiger partial charge in [0.05, 0.1) is 29.6 Å². The second kappa shape index (κ2) is 15.9. The van der Waals surface area contributed by atoms with Gasteiger partial charge in [0, 0.05) is 64.4 Å². The molecule has 0 saturated carbocycles. The molecule has 0 spiro atoms. The van der Waals surface area contributed by atoms with Crippen molar-refractivity contribution in [3.05, 3.63) is 11.9 Å². The Balaban J connectivity index is 1.41. The van der Waals surface area contributed by atoms with Crippen LogP contribution in [0, 0.1) is 17.3 Å². The first-order valence-corrected chi connectivity index (χ1v) is 18.5. The smallest absolute Gasteiger partial charge is 0.227 e. The lowest BCUT2D eigenvalue weighted by Gasteiger charge is -2.55. The topological polar surface area (TPSA) is 118 Å². The van der Waals surface area contributed by atoms with Gasteiger partial charge in [0.25, 0.3) is 0 Å². The molecular formula is C35H62F2N8O2. The van der Waals surface area contributed by atoms with Crippen molar-refractivity contribution in [2.45, 2.75) is 115 Å². The van der Waals surface area contributed by atoms with Gasteiger partial charge in [-0.1, -0.05) is 40.0 Å². The standard InChI is InChI=1S/C35H62F2N8O2/c1-5-7-8-13-35(45-14-9-10-24(23-45)33(47)44-17-15-43(4)16-18-44)27(37)21-39-22-29(35)42-32(46)30-26-19-34(3,6-2)28(41-31(30)38)12-11-25(36)20-40-26/h11,24,26-31,39-41H,5-10,12-23,38H2,1-4H3,(H,42,46)/b25-11+. The monoisotopic (exact) mass is 664 g/mol. The number of nitrogens with two attached hydrogens (primary N) is 1. The predicted octanol–water partition coefficient (Wildman–Crippen LogP) is 2.11. The van der Waals surface area contributed by atoms with Gasteiger partial charge in [-0.2, -0.15) is 0 Å². The molecule has 5 aliphatic rings. The molecule has 6 N–H and O–H groups in total. The first-order valence-electron chi connectivity index (χ1n) is 18.5.